The molecule has 0 radical (unpaired) electrons. The second-order valence-corrected chi connectivity index (χ2v) is 26.3. The van der Waals surface area contributed by atoms with Crippen LogP contribution in [0.15, 0.2) is 266 Å². The summed E-state index contributed by atoms with van der Waals surface area (Å²) in [5.41, 5.74) is -5.98. The van der Waals surface area contributed by atoms with Crippen molar-refractivity contribution in [3.05, 3.63) is 310 Å². The summed E-state index contributed by atoms with van der Waals surface area (Å²) >= 11 is 0. The van der Waals surface area contributed by atoms with Gasteiger partial charge in [-0.2, -0.15) is 0 Å². The number of hydrogen-bond donors (Lipinski definition) is 1. The van der Waals surface area contributed by atoms with Crippen LogP contribution >= 0.6 is 0 Å². The Kier molecular flexibility index (Phi) is 17.7. The third-order valence-electron chi connectivity index (χ3n) is 20.6. The van der Waals surface area contributed by atoms with Gasteiger partial charge in [0.2, 0.25) is 0 Å². The van der Waals surface area contributed by atoms with Crippen molar-refractivity contribution < 1.29 is 67.0 Å². The van der Waals surface area contributed by atoms with Crippen LogP contribution in [0.1, 0.15) is 98.4 Å². The van der Waals surface area contributed by atoms with Gasteiger partial charge < -0.3 is 43.0 Å². The van der Waals surface area contributed by atoms with E-state index in [2.05, 4.69) is 0 Å². The first kappa shape index (κ1) is 64.7. The Hall–Kier alpha value is -9.99. The second-order valence-electron chi connectivity index (χ2n) is 26.3. The Morgan fingerprint density at radius 3 is 1.46 bits per heavy atom. The Morgan fingerprint density at radius 1 is 0.552 bits per heavy atom. The summed E-state index contributed by atoms with van der Waals surface area (Å²) in [4.78, 5) is 78.4. The number of ketones is 1. The SMILES string of the molecule is CC(=O)O[C@@]12CO[C@@H]1C[C@H](OC(=O)OC(c1ccccc1)(c1ccccc1)c1ccccc1)[C@@]1(C)C(=O)[C@H](OC(=O)OC(c3ccccc3)(c3ccccc3)c3ccccc3)C3=C(C)[C@@H](OC(=O)CCc4ccc5ccccc5c4)C[C@@](O)([C@@H](OCc4ccccc4)[C@H]21)C3(C)C. The fourth-order valence-corrected chi connectivity index (χ4v) is 15.8. The first-order valence-corrected chi connectivity index (χ1v) is 32.7. The van der Waals surface area contributed by atoms with Gasteiger partial charge in [-0.1, -0.05) is 269 Å². The van der Waals surface area contributed by atoms with Crippen molar-refractivity contribution in [2.24, 2.45) is 16.7 Å². The van der Waals surface area contributed by atoms with Crippen LogP contribution in [0.3, 0.4) is 0 Å². The molecule has 1 saturated heterocycles. The molecule has 14 heteroatoms. The zero-order valence-electron chi connectivity index (χ0n) is 54.2. The molecule has 0 amide bonds. The number of carbonyl (C=O) groups excluding carboxylic acids is 5. The first-order chi connectivity index (χ1) is 46.4. The molecule has 1 aliphatic heterocycles. The Morgan fingerprint density at radius 2 is 1.00 bits per heavy atom. The van der Waals surface area contributed by atoms with Gasteiger partial charge in [-0.25, -0.2) is 9.59 Å². The highest BCUT2D eigenvalue weighted by atomic mass is 16.7. The lowest BCUT2D eigenvalue weighted by atomic mass is 9.44. The van der Waals surface area contributed by atoms with Gasteiger partial charge in [0, 0.05) is 70.9 Å². The lowest BCUT2D eigenvalue weighted by Crippen LogP contribution is -2.82. The molecule has 3 aliphatic carbocycles. The normalized spacial score (nSPS) is 24.3. The maximum Gasteiger partial charge on any atom is 0.510 e. The minimum atomic E-state index is -2.27. The van der Waals surface area contributed by atoms with Crippen molar-refractivity contribution in [1.29, 1.82) is 0 Å². The smallest absolute Gasteiger partial charge is 0.458 e. The molecule has 9 aromatic carbocycles. The lowest BCUT2D eigenvalue weighted by molar-refractivity contribution is -0.352. The van der Waals surface area contributed by atoms with E-state index in [1.54, 1.807) is 27.7 Å². The van der Waals surface area contributed by atoms with Gasteiger partial charge in [-0.3, -0.25) is 14.4 Å². The third kappa shape index (κ3) is 11.4. The van der Waals surface area contributed by atoms with Crippen molar-refractivity contribution >= 4 is 40.8 Å². The number of hydrogen-bond acceptors (Lipinski definition) is 14. The molecular formula is C82H76O14. The molecule has 9 atom stereocenters. The van der Waals surface area contributed by atoms with E-state index < -0.39 is 99.7 Å². The molecule has 13 rings (SSSR count). The summed E-state index contributed by atoms with van der Waals surface area (Å²) in [5, 5.41) is 16.9. The minimum Gasteiger partial charge on any atom is -0.458 e. The second kappa shape index (κ2) is 26.3. The van der Waals surface area contributed by atoms with E-state index in [1.165, 1.54) is 6.92 Å². The molecule has 2 saturated carbocycles. The topological polar surface area (TPSA) is 179 Å². The van der Waals surface area contributed by atoms with Crippen LogP contribution in [0.5, 0.6) is 0 Å². The summed E-state index contributed by atoms with van der Waals surface area (Å²) in [6.45, 7) is 7.56. The van der Waals surface area contributed by atoms with Crippen LogP contribution in [0.25, 0.3) is 10.8 Å². The Bertz CT molecular complexity index is 4130. The number of carbonyl (C=O) groups is 5. The van der Waals surface area contributed by atoms with Crippen molar-refractivity contribution in [1.82, 2.24) is 0 Å². The van der Waals surface area contributed by atoms with E-state index >= 15 is 14.4 Å². The summed E-state index contributed by atoms with van der Waals surface area (Å²) < 4.78 is 54.7. The van der Waals surface area contributed by atoms with Gasteiger partial charge in [-0.15, -0.1) is 0 Å². The molecule has 14 nitrogen and oxygen atoms in total. The molecule has 0 spiro atoms. The van der Waals surface area contributed by atoms with E-state index in [0.29, 0.717) is 50.9 Å². The maximum absolute atomic E-state index is 17.7. The van der Waals surface area contributed by atoms with Crippen molar-refractivity contribution in [2.45, 2.75) is 120 Å². The van der Waals surface area contributed by atoms with Crippen LogP contribution in [0.2, 0.25) is 0 Å². The van der Waals surface area contributed by atoms with Crippen LogP contribution in [0, 0.1) is 16.7 Å². The monoisotopic (exact) mass is 1280 g/mol. The largest absolute Gasteiger partial charge is 0.510 e. The van der Waals surface area contributed by atoms with E-state index in [0.717, 1.165) is 16.3 Å². The summed E-state index contributed by atoms with van der Waals surface area (Å²) in [6.07, 6.45) is -10.5. The van der Waals surface area contributed by atoms with Gasteiger partial charge >= 0.3 is 24.2 Å². The van der Waals surface area contributed by atoms with E-state index in [-0.39, 0.29) is 38.0 Å². The number of esters is 2. The molecule has 2 bridgehead atoms. The molecule has 4 aliphatic rings. The molecule has 9 aromatic rings. The average molecular weight is 1290 g/mol. The highest BCUT2D eigenvalue weighted by Gasteiger charge is 2.79. The standard InChI is InChI=1S/C82H76O14/c1-54-66(91-69(84)48-46-56-45-47-58-31-27-28-32-59(58)49-56)51-80(88)74(89-52-57-29-13-6-14-30-57)72-78(5,73(85)71(70(54)77(80,3)4)93-76(87)96-82(63-39-21-10-22-40-63,64-41-23-11-24-42-64)65-43-25-12-26-44-65)67(50-68-79(72,53-90-68)94-55(2)83)92-75(86)95-81(60-33-15-7-16-34-60,61-35-17-8-18-36-61)62-37-19-9-20-38-62/h6-45,47,49,66-68,71-72,74,88H,46,48,50-53H2,1-5H3/t66-,67-,68+,71+,72-,74-,78+,79-,80+/m0/s1. The van der Waals surface area contributed by atoms with Crippen LogP contribution in [-0.4, -0.2) is 83.5 Å². The Balaban J connectivity index is 0.999. The van der Waals surface area contributed by atoms with Crippen LogP contribution in [0.4, 0.5) is 9.59 Å². The molecule has 1 heterocycles. The molecule has 488 valence electrons. The summed E-state index contributed by atoms with van der Waals surface area (Å²) in [6, 6.07) is 78.5. The van der Waals surface area contributed by atoms with E-state index in [9.17, 15) is 14.7 Å². The number of ether oxygens (including phenoxy) is 8. The van der Waals surface area contributed by atoms with Gasteiger partial charge in [0.1, 0.15) is 23.9 Å². The van der Waals surface area contributed by atoms with Gasteiger partial charge in [0.15, 0.2) is 28.7 Å². The van der Waals surface area contributed by atoms with Crippen molar-refractivity contribution in [3.63, 3.8) is 0 Å². The zero-order valence-corrected chi connectivity index (χ0v) is 54.2. The third-order valence-corrected chi connectivity index (χ3v) is 20.6. The van der Waals surface area contributed by atoms with Gasteiger partial charge in [0.25, 0.3) is 0 Å². The molecule has 0 unspecified atom stereocenters. The number of aryl methyl sites for hydroxylation is 1. The number of fused-ring (bicyclic) bond motifs is 6. The van der Waals surface area contributed by atoms with Crippen LogP contribution < -0.4 is 0 Å². The number of rotatable bonds is 18. The summed E-state index contributed by atoms with van der Waals surface area (Å²) in [5.74, 6) is -3.71. The first-order valence-electron chi connectivity index (χ1n) is 32.7. The number of benzene rings is 9. The molecular weight excluding hydrogens is 1210 g/mol. The average Bonchev–Trinajstić information content (AvgIpc) is 0.667. The molecule has 3 fully saturated rings. The predicted octanol–water partition coefficient (Wildman–Crippen LogP) is 15.1. The fraction of sp³-hybridized carbons (Fsp3) is 0.280. The molecule has 1 N–H and O–H groups in total. The highest BCUT2D eigenvalue weighted by molar-refractivity contribution is 5.95. The quantitative estimate of drug-likeness (QED) is 0.0371. The summed E-state index contributed by atoms with van der Waals surface area (Å²) in [7, 11) is 0. The maximum atomic E-state index is 17.7. The number of aliphatic hydroxyl groups is 1. The Labute approximate surface area is 558 Å². The lowest BCUT2D eigenvalue weighted by Gasteiger charge is -2.68. The van der Waals surface area contributed by atoms with E-state index in [1.807, 2.05) is 255 Å². The predicted molar refractivity (Wildman–Crippen MR) is 360 cm³/mol. The van der Waals surface area contributed by atoms with Gasteiger partial charge in [-0.05, 0) is 53.3 Å². The van der Waals surface area contributed by atoms with Crippen LogP contribution in [-0.2, 0) is 76.5 Å². The van der Waals surface area contributed by atoms with Crippen molar-refractivity contribution in [3.8, 4) is 0 Å². The minimum absolute atomic E-state index is 0.0660. The molecule has 0 aromatic heterocycles. The highest BCUT2D eigenvalue weighted by Crippen LogP contribution is 2.65. The fourth-order valence-electron chi connectivity index (χ4n) is 15.8. The zero-order chi connectivity index (χ0) is 66.9. The number of Topliss-reactive ketones (excluding diaryl/α,β-unsaturated/α-hetero) is 1. The van der Waals surface area contributed by atoms with Gasteiger partial charge in [0.05, 0.1) is 24.7 Å². The van der Waals surface area contributed by atoms with E-state index in [4.69, 9.17) is 37.9 Å². The molecule has 96 heavy (non-hydrogen) atoms. The van der Waals surface area contributed by atoms with Crippen molar-refractivity contribution in [2.75, 3.05) is 6.61 Å².